The van der Waals surface area contributed by atoms with E-state index in [4.69, 9.17) is 0 Å². The Morgan fingerprint density at radius 2 is 1.16 bits per heavy atom. The number of hydrogen-bond donors (Lipinski definition) is 0. The molecule has 45 heavy (non-hydrogen) atoms. The Morgan fingerprint density at radius 1 is 0.600 bits per heavy atom. The molecule has 0 radical (unpaired) electrons. The molecular formula is C40H29N5. The minimum Gasteiger partial charge on any atom is -0.336 e. The molecule has 4 aromatic carbocycles. The van der Waals surface area contributed by atoms with E-state index in [2.05, 4.69) is 101 Å². The van der Waals surface area contributed by atoms with Gasteiger partial charge in [0.15, 0.2) is 0 Å². The van der Waals surface area contributed by atoms with Crippen LogP contribution in [0.2, 0.25) is 0 Å². The summed E-state index contributed by atoms with van der Waals surface area (Å²) >= 11 is 0. The van der Waals surface area contributed by atoms with Crippen molar-refractivity contribution in [2.24, 2.45) is 11.8 Å². The molecule has 2 aliphatic rings. The molecule has 0 bridgehead atoms. The smallest absolute Gasteiger partial charge is 0.0991 e. The molecule has 0 N–H and O–H groups in total. The van der Waals surface area contributed by atoms with Crippen molar-refractivity contribution in [3.8, 4) is 18.2 Å². The van der Waals surface area contributed by atoms with Gasteiger partial charge in [-0.1, -0.05) is 49.4 Å². The number of para-hydroxylation sites is 1. The van der Waals surface area contributed by atoms with Gasteiger partial charge in [0.2, 0.25) is 0 Å². The van der Waals surface area contributed by atoms with Gasteiger partial charge >= 0.3 is 0 Å². The number of nitriles is 3. The predicted molar refractivity (Wildman–Crippen MR) is 180 cm³/mol. The van der Waals surface area contributed by atoms with Gasteiger partial charge in [0.1, 0.15) is 0 Å². The number of allylic oxidation sites excluding steroid dienone is 6. The fraction of sp³-hybridized carbons (Fsp3) is 0.175. The molecule has 6 aromatic rings. The molecule has 2 aromatic heterocycles. The summed E-state index contributed by atoms with van der Waals surface area (Å²) in [6, 6.07) is 33.6. The van der Waals surface area contributed by atoms with Crippen LogP contribution in [0.3, 0.4) is 0 Å². The fourth-order valence-corrected chi connectivity index (χ4v) is 7.81. The number of aromatic nitrogens is 2. The average Bonchev–Trinajstić information content (AvgIpc) is 3.59. The summed E-state index contributed by atoms with van der Waals surface area (Å²) in [5.41, 5.74) is 8.95. The largest absolute Gasteiger partial charge is 0.336 e. The maximum atomic E-state index is 9.73. The van der Waals surface area contributed by atoms with E-state index in [1.54, 1.807) is 0 Å². The molecule has 2 heterocycles. The number of hydrogen-bond acceptors (Lipinski definition) is 3. The Labute approximate surface area is 261 Å². The summed E-state index contributed by atoms with van der Waals surface area (Å²) in [5, 5.41) is 33.4. The molecule has 0 saturated heterocycles. The van der Waals surface area contributed by atoms with E-state index >= 15 is 0 Å². The van der Waals surface area contributed by atoms with E-state index in [0.717, 1.165) is 52.0 Å². The topological polar surface area (TPSA) is 81.2 Å². The highest BCUT2D eigenvalue weighted by Gasteiger charge is 2.34. The van der Waals surface area contributed by atoms with E-state index in [0.29, 0.717) is 16.7 Å². The summed E-state index contributed by atoms with van der Waals surface area (Å²) in [4.78, 5) is 0. The van der Waals surface area contributed by atoms with Crippen LogP contribution in [0.5, 0.6) is 0 Å². The van der Waals surface area contributed by atoms with E-state index in [1.165, 1.54) is 22.2 Å². The summed E-state index contributed by atoms with van der Waals surface area (Å²) in [7, 11) is 0. The molecule has 8 rings (SSSR count). The van der Waals surface area contributed by atoms with Crippen LogP contribution in [-0.2, 0) is 0 Å². The minimum atomic E-state index is 0.175. The van der Waals surface area contributed by atoms with Gasteiger partial charge in [0, 0.05) is 56.2 Å². The van der Waals surface area contributed by atoms with Crippen molar-refractivity contribution in [1.82, 2.24) is 9.13 Å². The van der Waals surface area contributed by atoms with Crippen molar-refractivity contribution in [3.63, 3.8) is 0 Å². The van der Waals surface area contributed by atoms with E-state index in [-0.39, 0.29) is 17.9 Å². The number of rotatable bonds is 3. The van der Waals surface area contributed by atoms with Gasteiger partial charge in [-0.2, -0.15) is 15.8 Å². The summed E-state index contributed by atoms with van der Waals surface area (Å²) < 4.78 is 4.92. The van der Waals surface area contributed by atoms with Crippen molar-refractivity contribution < 1.29 is 0 Å². The van der Waals surface area contributed by atoms with Crippen LogP contribution in [0.25, 0.3) is 49.3 Å². The lowest BCUT2D eigenvalue weighted by molar-refractivity contribution is 0.380. The van der Waals surface area contributed by atoms with Gasteiger partial charge in [-0.25, -0.2) is 0 Å². The second kappa shape index (κ2) is 10.4. The van der Waals surface area contributed by atoms with Gasteiger partial charge in [0.05, 0.1) is 45.9 Å². The van der Waals surface area contributed by atoms with Gasteiger partial charge in [-0.3, -0.25) is 0 Å². The third-order valence-corrected chi connectivity index (χ3v) is 9.78. The highest BCUT2D eigenvalue weighted by atomic mass is 15.0. The van der Waals surface area contributed by atoms with Gasteiger partial charge in [-0.05, 0) is 85.5 Å². The molecule has 0 fully saturated rings. The number of nitrogens with zero attached hydrogens (tertiary/aromatic N) is 5. The lowest BCUT2D eigenvalue weighted by atomic mass is 9.77. The van der Waals surface area contributed by atoms with Crippen LogP contribution in [0, 0.1) is 45.8 Å². The normalized spacial score (nSPS) is 19.7. The maximum Gasteiger partial charge on any atom is 0.0991 e. The van der Waals surface area contributed by atoms with Gasteiger partial charge < -0.3 is 9.13 Å². The quantitative estimate of drug-likeness (QED) is 0.196. The Hall–Kier alpha value is -5.83. The SMILES string of the molecule is CC1CC=CC(C2CC=CCC2n2c3ccccc3c3cc(C#N)ccc32)=C1n1c2ccc(C#N)cc2c2cc(C#N)ccc21. The first-order valence-electron chi connectivity index (χ1n) is 15.5. The van der Waals surface area contributed by atoms with Crippen LogP contribution in [0.4, 0.5) is 0 Å². The molecule has 0 saturated carbocycles. The minimum absolute atomic E-state index is 0.175. The lowest BCUT2D eigenvalue weighted by Gasteiger charge is -2.36. The van der Waals surface area contributed by atoms with Crippen LogP contribution < -0.4 is 0 Å². The number of fused-ring (bicyclic) bond motifs is 6. The van der Waals surface area contributed by atoms with E-state index in [9.17, 15) is 15.8 Å². The molecule has 2 aliphatic carbocycles. The van der Waals surface area contributed by atoms with Crippen LogP contribution in [0.15, 0.2) is 109 Å². The molecule has 0 amide bonds. The Kier molecular flexibility index (Phi) is 6.19. The number of benzene rings is 4. The van der Waals surface area contributed by atoms with Crippen LogP contribution in [0.1, 0.15) is 48.9 Å². The Balaban J connectivity index is 1.41. The van der Waals surface area contributed by atoms with Crippen molar-refractivity contribution in [3.05, 3.63) is 125 Å². The summed E-state index contributed by atoms with van der Waals surface area (Å²) in [6.45, 7) is 2.31. The third kappa shape index (κ3) is 4.04. The highest BCUT2D eigenvalue weighted by Crippen LogP contribution is 2.47. The fourth-order valence-electron chi connectivity index (χ4n) is 7.81. The van der Waals surface area contributed by atoms with E-state index < -0.39 is 0 Å². The molecular weight excluding hydrogens is 550 g/mol. The first kappa shape index (κ1) is 26.8. The average molecular weight is 580 g/mol. The first-order valence-corrected chi connectivity index (χ1v) is 15.5. The standard InChI is InChI=1S/C40H29N5/c1-25-7-6-10-31(40(25)45-38-17-14-27(23-42)20-33(38)34-21-28(24-43)15-18-39(34)45)29-8-2-4-11-35(29)44-36-12-5-3-9-30(36)32-19-26(22-41)13-16-37(32)44/h2-6,9-10,12-21,25,29,35H,7-8,11H2,1H3. The lowest BCUT2D eigenvalue weighted by Crippen LogP contribution is -2.25. The van der Waals surface area contributed by atoms with E-state index in [1.807, 2.05) is 36.4 Å². The molecule has 0 aliphatic heterocycles. The monoisotopic (exact) mass is 579 g/mol. The summed E-state index contributed by atoms with van der Waals surface area (Å²) in [5.74, 6) is 0.473. The second-order valence-corrected chi connectivity index (χ2v) is 12.3. The molecule has 3 atom stereocenters. The second-order valence-electron chi connectivity index (χ2n) is 12.3. The first-order chi connectivity index (χ1) is 22.1. The van der Waals surface area contributed by atoms with Crippen molar-refractivity contribution in [2.75, 3.05) is 0 Å². The molecule has 0 spiro atoms. The van der Waals surface area contributed by atoms with Crippen molar-refractivity contribution in [2.45, 2.75) is 32.2 Å². The van der Waals surface area contributed by atoms with Gasteiger partial charge in [-0.15, -0.1) is 0 Å². The van der Waals surface area contributed by atoms with Crippen molar-refractivity contribution >= 4 is 49.3 Å². The van der Waals surface area contributed by atoms with Crippen LogP contribution >= 0.6 is 0 Å². The molecule has 214 valence electrons. The Bertz CT molecular complexity index is 2350. The van der Waals surface area contributed by atoms with Gasteiger partial charge in [0.25, 0.3) is 0 Å². The van der Waals surface area contributed by atoms with Crippen molar-refractivity contribution in [1.29, 1.82) is 15.8 Å². The predicted octanol–water partition coefficient (Wildman–Crippen LogP) is 9.53. The summed E-state index contributed by atoms with van der Waals surface area (Å²) in [6.07, 6.45) is 12.1. The molecule has 3 unspecified atom stereocenters. The zero-order valence-corrected chi connectivity index (χ0v) is 24.9. The maximum absolute atomic E-state index is 9.73. The zero-order valence-electron chi connectivity index (χ0n) is 24.9. The highest BCUT2D eigenvalue weighted by molar-refractivity contribution is 6.11. The molecule has 5 nitrogen and oxygen atoms in total. The zero-order chi connectivity index (χ0) is 30.7. The third-order valence-electron chi connectivity index (χ3n) is 9.78. The Morgan fingerprint density at radius 3 is 1.80 bits per heavy atom. The van der Waals surface area contributed by atoms with Crippen LogP contribution in [-0.4, -0.2) is 9.13 Å². The molecule has 5 heteroatoms.